The quantitative estimate of drug-likeness (QED) is 0.197. The molecule has 0 aliphatic heterocycles. The minimum absolute atomic E-state index is 0.0545. The van der Waals surface area contributed by atoms with Crippen LogP contribution in [0.3, 0.4) is 0 Å². The molecule has 1 amide bonds. The number of H-pyrrole nitrogens is 1. The number of carbonyl (C=O) groups is 1. The molecule has 4 aromatic carbocycles. The van der Waals surface area contributed by atoms with Gasteiger partial charge in [0.2, 0.25) is 5.91 Å². The average Bonchev–Trinajstić information content (AvgIpc) is 3.39. The molecule has 7 heteroatoms. The summed E-state index contributed by atoms with van der Waals surface area (Å²) < 4.78 is 10.7. The van der Waals surface area contributed by atoms with Gasteiger partial charge < -0.3 is 19.8 Å². The van der Waals surface area contributed by atoms with Crippen molar-refractivity contribution in [1.29, 1.82) is 0 Å². The normalized spacial score (nSPS) is 11.8. The number of hydrogen-bond donors (Lipinski definition) is 2. The van der Waals surface area contributed by atoms with E-state index < -0.39 is 0 Å². The van der Waals surface area contributed by atoms with Gasteiger partial charge in [0, 0.05) is 16.8 Å². The molecule has 0 saturated carbocycles. The lowest BCUT2D eigenvalue weighted by atomic mass is 10.0. The molecule has 1 unspecified atom stereocenters. The van der Waals surface area contributed by atoms with Crippen LogP contribution in [0.2, 0.25) is 0 Å². The van der Waals surface area contributed by atoms with Crippen LogP contribution in [0.15, 0.2) is 96.2 Å². The highest BCUT2D eigenvalue weighted by Crippen LogP contribution is 2.36. The highest BCUT2D eigenvalue weighted by molar-refractivity contribution is 8.00. The van der Waals surface area contributed by atoms with Gasteiger partial charge in [0.15, 0.2) is 5.16 Å². The molecule has 5 rings (SSSR count). The minimum atomic E-state index is -0.319. The third-order valence-electron chi connectivity index (χ3n) is 6.36. The van der Waals surface area contributed by atoms with Gasteiger partial charge in [0.05, 0.1) is 30.9 Å². The van der Waals surface area contributed by atoms with Crippen LogP contribution in [0.4, 0.5) is 5.69 Å². The van der Waals surface area contributed by atoms with E-state index >= 15 is 0 Å². The van der Waals surface area contributed by atoms with Crippen LogP contribution in [-0.4, -0.2) is 35.3 Å². The van der Waals surface area contributed by atoms with Crippen LogP contribution < -0.4 is 14.8 Å². The third kappa shape index (κ3) is 5.53. The Morgan fingerprint density at radius 1 is 0.868 bits per heavy atom. The molecule has 0 aliphatic rings. The Morgan fingerprint density at radius 2 is 1.50 bits per heavy atom. The number of imidazole rings is 1. The van der Waals surface area contributed by atoms with Crippen LogP contribution in [0.5, 0.6) is 11.5 Å². The van der Waals surface area contributed by atoms with E-state index in [0.29, 0.717) is 11.6 Å². The first-order chi connectivity index (χ1) is 18.6. The Bertz CT molecular complexity index is 1480. The second-order valence-electron chi connectivity index (χ2n) is 8.79. The number of methoxy groups -OCH3 is 2. The van der Waals surface area contributed by atoms with Crippen molar-refractivity contribution in [3.05, 3.63) is 91.0 Å². The molecule has 0 aliphatic carbocycles. The SMILES string of the molecule is CCC(Sc1nc(-c2ccc(OC)cc2)c(-c2ccc(OC)cc2)[nH]1)C(=O)Nc1ccc2ccccc2c1. The van der Waals surface area contributed by atoms with Gasteiger partial charge in [-0.1, -0.05) is 49.0 Å². The highest BCUT2D eigenvalue weighted by atomic mass is 32.2. The Hall–Kier alpha value is -4.23. The number of thioether (sulfide) groups is 1. The third-order valence-corrected chi connectivity index (χ3v) is 7.61. The Morgan fingerprint density at radius 3 is 2.13 bits per heavy atom. The number of nitrogens with zero attached hydrogens (tertiary/aromatic N) is 1. The van der Waals surface area contributed by atoms with Crippen molar-refractivity contribution in [2.45, 2.75) is 23.8 Å². The summed E-state index contributed by atoms with van der Waals surface area (Å²) in [6.07, 6.45) is 0.653. The van der Waals surface area contributed by atoms with Crippen molar-refractivity contribution in [2.24, 2.45) is 0 Å². The molecule has 38 heavy (non-hydrogen) atoms. The number of anilines is 1. The van der Waals surface area contributed by atoms with Crippen molar-refractivity contribution >= 4 is 34.1 Å². The van der Waals surface area contributed by atoms with Gasteiger partial charge in [0.1, 0.15) is 11.5 Å². The molecule has 1 aromatic heterocycles. The zero-order valence-corrected chi connectivity index (χ0v) is 22.3. The van der Waals surface area contributed by atoms with E-state index in [0.717, 1.165) is 50.5 Å². The maximum atomic E-state index is 13.3. The number of rotatable bonds is 9. The topological polar surface area (TPSA) is 76.2 Å². The predicted molar refractivity (Wildman–Crippen MR) is 155 cm³/mol. The second-order valence-corrected chi connectivity index (χ2v) is 9.98. The number of fused-ring (bicyclic) bond motifs is 1. The maximum Gasteiger partial charge on any atom is 0.237 e. The van der Waals surface area contributed by atoms with Crippen molar-refractivity contribution in [3.8, 4) is 34.0 Å². The molecule has 6 nitrogen and oxygen atoms in total. The number of aromatic amines is 1. The summed E-state index contributed by atoms with van der Waals surface area (Å²) in [5.74, 6) is 1.51. The molecule has 0 bridgehead atoms. The van der Waals surface area contributed by atoms with E-state index in [1.165, 1.54) is 11.8 Å². The van der Waals surface area contributed by atoms with Crippen LogP contribution in [0.1, 0.15) is 13.3 Å². The Labute approximate surface area is 226 Å². The lowest BCUT2D eigenvalue weighted by Gasteiger charge is -2.14. The van der Waals surface area contributed by atoms with Gasteiger partial charge in [0.25, 0.3) is 0 Å². The molecule has 0 spiro atoms. The number of amides is 1. The number of ether oxygens (including phenoxy) is 2. The first-order valence-electron chi connectivity index (χ1n) is 12.4. The van der Waals surface area contributed by atoms with Crippen LogP contribution in [-0.2, 0) is 4.79 Å². The summed E-state index contributed by atoms with van der Waals surface area (Å²) >= 11 is 1.43. The Kier molecular flexibility index (Phi) is 7.65. The number of nitrogens with one attached hydrogen (secondary N) is 2. The summed E-state index contributed by atoms with van der Waals surface area (Å²) in [6.45, 7) is 2.01. The first-order valence-corrected chi connectivity index (χ1v) is 13.3. The van der Waals surface area contributed by atoms with Gasteiger partial charge in [-0.25, -0.2) is 4.98 Å². The van der Waals surface area contributed by atoms with E-state index in [-0.39, 0.29) is 11.2 Å². The summed E-state index contributed by atoms with van der Waals surface area (Å²) in [7, 11) is 3.30. The smallest absolute Gasteiger partial charge is 0.237 e. The van der Waals surface area contributed by atoms with Gasteiger partial charge in [-0.05, 0) is 77.9 Å². The molecule has 2 N–H and O–H groups in total. The van der Waals surface area contributed by atoms with Gasteiger partial charge >= 0.3 is 0 Å². The summed E-state index contributed by atoms with van der Waals surface area (Å²) in [4.78, 5) is 21.7. The highest BCUT2D eigenvalue weighted by Gasteiger charge is 2.22. The molecular formula is C31H29N3O3S. The van der Waals surface area contributed by atoms with E-state index in [9.17, 15) is 4.79 Å². The van der Waals surface area contributed by atoms with Crippen molar-refractivity contribution in [3.63, 3.8) is 0 Å². The molecule has 0 fully saturated rings. The van der Waals surface area contributed by atoms with Crippen molar-refractivity contribution in [2.75, 3.05) is 19.5 Å². The number of carbonyl (C=O) groups excluding carboxylic acids is 1. The number of aromatic nitrogens is 2. The summed E-state index contributed by atoms with van der Waals surface area (Å²) in [5.41, 5.74) is 4.40. The Balaban J connectivity index is 1.42. The average molecular weight is 524 g/mol. The molecule has 192 valence electrons. The maximum absolute atomic E-state index is 13.3. The zero-order chi connectivity index (χ0) is 26.5. The van der Waals surface area contributed by atoms with Gasteiger partial charge in [-0.3, -0.25) is 4.79 Å². The van der Waals surface area contributed by atoms with E-state index in [1.807, 2.05) is 91.9 Å². The van der Waals surface area contributed by atoms with Gasteiger partial charge in [-0.2, -0.15) is 0 Å². The monoisotopic (exact) mass is 523 g/mol. The van der Waals surface area contributed by atoms with E-state index in [4.69, 9.17) is 14.5 Å². The fraction of sp³-hybridized carbons (Fsp3) is 0.161. The molecular weight excluding hydrogens is 494 g/mol. The zero-order valence-electron chi connectivity index (χ0n) is 21.5. The van der Waals surface area contributed by atoms with E-state index in [1.54, 1.807) is 14.2 Å². The largest absolute Gasteiger partial charge is 0.497 e. The summed E-state index contributed by atoms with van der Waals surface area (Å²) in [5, 5.41) is 5.68. The van der Waals surface area contributed by atoms with Crippen LogP contribution in [0.25, 0.3) is 33.3 Å². The minimum Gasteiger partial charge on any atom is -0.497 e. The van der Waals surface area contributed by atoms with Crippen LogP contribution in [0, 0.1) is 0 Å². The summed E-state index contributed by atoms with van der Waals surface area (Å²) in [6, 6.07) is 29.7. The molecule has 1 atom stereocenters. The molecule has 5 aromatic rings. The van der Waals surface area contributed by atoms with Crippen LogP contribution >= 0.6 is 11.8 Å². The predicted octanol–water partition coefficient (Wildman–Crippen LogP) is 7.42. The second kappa shape index (κ2) is 11.4. The lowest BCUT2D eigenvalue weighted by Crippen LogP contribution is -2.24. The fourth-order valence-electron chi connectivity index (χ4n) is 4.28. The van der Waals surface area contributed by atoms with E-state index in [2.05, 4.69) is 16.4 Å². The molecule has 1 heterocycles. The standard InChI is InChI=1S/C31H29N3O3S/c1-4-27(30(35)32-24-14-9-20-7-5-6-8-23(20)19-24)38-31-33-28(21-10-15-25(36-2)16-11-21)29(34-31)22-12-17-26(37-3)18-13-22/h5-19,27H,4H2,1-3H3,(H,32,35)(H,33,34). The van der Waals surface area contributed by atoms with Crippen molar-refractivity contribution in [1.82, 2.24) is 9.97 Å². The molecule has 0 saturated heterocycles. The van der Waals surface area contributed by atoms with Gasteiger partial charge in [-0.15, -0.1) is 0 Å². The molecule has 0 radical (unpaired) electrons. The number of hydrogen-bond acceptors (Lipinski definition) is 5. The first kappa shape index (κ1) is 25.4. The van der Waals surface area contributed by atoms with Crippen molar-refractivity contribution < 1.29 is 14.3 Å². The lowest BCUT2D eigenvalue weighted by molar-refractivity contribution is -0.115. The number of benzene rings is 4. The fourth-order valence-corrected chi connectivity index (χ4v) is 5.19.